The van der Waals surface area contributed by atoms with Crippen molar-refractivity contribution >= 4 is 0 Å². The van der Waals surface area contributed by atoms with E-state index in [0.717, 1.165) is 16.9 Å². The second-order valence-corrected chi connectivity index (χ2v) is 5.67. The lowest BCUT2D eigenvalue weighted by molar-refractivity contribution is 0.171. The van der Waals surface area contributed by atoms with Gasteiger partial charge in [-0.1, -0.05) is 6.07 Å². The second kappa shape index (κ2) is 5.49. The molecule has 0 unspecified atom stereocenters. The Balaban J connectivity index is 1.82. The third-order valence-electron chi connectivity index (χ3n) is 4.08. The molecule has 2 heterocycles. The van der Waals surface area contributed by atoms with E-state index in [9.17, 15) is 10.2 Å². The van der Waals surface area contributed by atoms with Crippen LogP contribution in [0.4, 0.5) is 0 Å². The first-order chi connectivity index (χ1) is 11.6. The lowest BCUT2D eigenvalue weighted by Crippen LogP contribution is -2.15. The number of rotatable bonds is 2. The molecule has 4 rings (SSSR count). The minimum Gasteiger partial charge on any atom is -0.508 e. The van der Waals surface area contributed by atoms with Crippen molar-refractivity contribution < 1.29 is 19.7 Å². The van der Waals surface area contributed by atoms with E-state index in [4.69, 9.17) is 9.47 Å². The maximum absolute atomic E-state index is 10.2. The van der Waals surface area contributed by atoms with Crippen LogP contribution in [0, 0.1) is 6.92 Å². The molecule has 0 bridgehead atoms. The molecule has 1 aliphatic rings. The van der Waals surface area contributed by atoms with Gasteiger partial charge in [-0.15, -0.1) is 0 Å². The van der Waals surface area contributed by atoms with Crippen LogP contribution < -0.4 is 9.47 Å². The first kappa shape index (κ1) is 14.4. The van der Waals surface area contributed by atoms with Crippen LogP contribution in [0.1, 0.15) is 5.56 Å². The molecular formula is C18H16N2O4. The fourth-order valence-electron chi connectivity index (χ4n) is 2.81. The molecule has 0 aliphatic carbocycles. The van der Waals surface area contributed by atoms with Crippen molar-refractivity contribution in [2.75, 3.05) is 13.2 Å². The van der Waals surface area contributed by atoms with E-state index in [1.165, 1.54) is 6.07 Å². The van der Waals surface area contributed by atoms with Gasteiger partial charge in [0.1, 0.15) is 24.7 Å². The summed E-state index contributed by atoms with van der Waals surface area (Å²) in [5, 5.41) is 27.0. The Morgan fingerprint density at radius 1 is 0.958 bits per heavy atom. The first-order valence-corrected chi connectivity index (χ1v) is 7.60. The number of nitrogens with one attached hydrogen (secondary N) is 1. The molecule has 122 valence electrons. The Morgan fingerprint density at radius 2 is 1.75 bits per heavy atom. The molecule has 1 aliphatic heterocycles. The molecule has 0 saturated heterocycles. The predicted molar refractivity (Wildman–Crippen MR) is 88.5 cm³/mol. The molecule has 3 N–H and O–H groups in total. The van der Waals surface area contributed by atoms with Crippen LogP contribution in [0.25, 0.3) is 22.4 Å². The summed E-state index contributed by atoms with van der Waals surface area (Å²) in [5.74, 6) is 1.45. The number of aromatic amines is 1. The molecule has 0 fully saturated rings. The Morgan fingerprint density at radius 3 is 2.58 bits per heavy atom. The highest BCUT2D eigenvalue weighted by Gasteiger charge is 2.18. The van der Waals surface area contributed by atoms with Crippen LogP contribution in [0.5, 0.6) is 23.0 Å². The molecule has 1 aromatic heterocycles. The zero-order valence-corrected chi connectivity index (χ0v) is 13.0. The van der Waals surface area contributed by atoms with Crippen molar-refractivity contribution in [2.45, 2.75) is 6.92 Å². The number of ether oxygens (including phenoxy) is 2. The summed E-state index contributed by atoms with van der Waals surface area (Å²) < 4.78 is 11.2. The zero-order chi connectivity index (χ0) is 16.7. The summed E-state index contributed by atoms with van der Waals surface area (Å²) in [5.41, 5.74) is 3.64. The SMILES string of the molecule is Cc1cc(-c2[nH]ncc2-c2ccc3c(c2)OCCO3)c(O)cc1O. The lowest BCUT2D eigenvalue weighted by Gasteiger charge is -2.19. The minimum absolute atomic E-state index is 0.0128. The van der Waals surface area contributed by atoms with Crippen molar-refractivity contribution in [1.29, 1.82) is 0 Å². The van der Waals surface area contributed by atoms with Gasteiger partial charge in [0.25, 0.3) is 0 Å². The number of aryl methyl sites for hydroxylation is 1. The number of benzene rings is 2. The maximum atomic E-state index is 10.2. The van der Waals surface area contributed by atoms with Crippen LogP contribution in [-0.4, -0.2) is 33.6 Å². The van der Waals surface area contributed by atoms with Gasteiger partial charge in [0.2, 0.25) is 0 Å². The number of H-pyrrole nitrogens is 1. The van der Waals surface area contributed by atoms with Gasteiger partial charge in [-0.05, 0) is 36.2 Å². The first-order valence-electron chi connectivity index (χ1n) is 7.60. The van der Waals surface area contributed by atoms with Crippen molar-refractivity contribution in [1.82, 2.24) is 10.2 Å². The number of phenols is 2. The smallest absolute Gasteiger partial charge is 0.161 e. The summed E-state index contributed by atoms with van der Waals surface area (Å²) in [6.07, 6.45) is 1.70. The number of hydrogen-bond acceptors (Lipinski definition) is 5. The summed E-state index contributed by atoms with van der Waals surface area (Å²) >= 11 is 0. The van der Waals surface area contributed by atoms with E-state index >= 15 is 0 Å². The minimum atomic E-state index is -0.0128. The Kier molecular flexibility index (Phi) is 3.30. The summed E-state index contributed by atoms with van der Waals surface area (Å²) in [6.45, 7) is 2.84. The molecule has 3 aromatic rings. The molecule has 6 heteroatoms. The van der Waals surface area contributed by atoms with E-state index in [1.54, 1.807) is 19.2 Å². The number of aromatic nitrogens is 2. The third kappa shape index (κ3) is 2.32. The van der Waals surface area contributed by atoms with Crippen LogP contribution in [0.3, 0.4) is 0 Å². The average Bonchev–Trinajstić information content (AvgIpc) is 3.07. The summed E-state index contributed by atoms with van der Waals surface area (Å²) in [4.78, 5) is 0. The van der Waals surface area contributed by atoms with Gasteiger partial charge in [0, 0.05) is 17.2 Å². The predicted octanol–water partition coefficient (Wildman–Crippen LogP) is 3.23. The Bertz CT molecular complexity index is 917. The van der Waals surface area contributed by atoms with Gasteiger partial charge >= 0.3 is 0 Å². The highest BCUT2D eigenvalue weighted by Crippen LogP contribution is 2.40. The molecule has 24 heavy (non-hydrogen) atoms. The molecule has 0 atom stereocenters. The van der Waals surface area contributed by atoms with Crippen LogP contribution >= 0.6 is 0 Å². The van der Waals surface area contributed by atoms with Crippen molar-refractivity contribution in [3.8, 4) is 45.4 Å². The summed E-state index contributed by atoms with van der Waals surface area (Å²) in [7, 11) is 0. The monoisotopic (exact) mass is 324 g/mol. The topological polar surface area (TPSA) is 87.6 Å². The Hall–Kier alpha value is -3.15. The van der Waals surface area contributed by atoms with Gasteiger partial charge < -0.3 is 19.7 Å². The quantitative estimate of drug-likeness (QED) is 0.673. The standard InChI is InChI=1S/C18H16N2O4/c1-10-6-12(15(22)8-14(10)21)18-13(9-19-20-18)11-2-3-16-17(7-11)24-5-4-23-16/h2-3,6-9,21-22H,4-5H2,1H3,(H,19,20). The highest BCUT2D eigenvalue weighted by atomic mass is 16.6. The Labute approximate surface area is 138 Å². The number of nitrogens with zero attached hydrogens (tertiary/aromatic N) is 1. The fraction of sp³-hybridized carbons (Fsp3) is 0.167. The van der Waals surface area contributed by atoms with E-state index in [-0.39, 0.29) is 11.5 Å². The number of aromatic hydroxyl groups is 2. The molecule has 6 nitrogen and oxygen atoms in total. The van der Waals surface area contributed by atoms with E-state index in [1.807, 2.05) is 18.2 Å². The van der Waals surface area contributed by atoms with Crippen LogP contribution in [0.15, 0.2) is 36.5 Å². The lowest BCUT2D eigenvalue weighted by atomic mass is 9.99. The van der Waals surface area contributed by atoms with E-state index in [2.05, 4.69) is 10.2 Å². The number of fused-ring (bicyclic) bond motifs is 1. The van der Waals surface area contributed by atoms with Gasteiger partial charge in [0.15, 0.2) is 11.5 Å². The van der Waals surface area contributed by atoms with Gasteiger partial charge in [-0.25, -0.2) is 0 Å². The van der Waals surface area contributed by atoms with Gasteiger partial charge in [-0.2, -0.15) is 5.10 Å². The number of hydrogen-bond donors (Lipinski definition) is 3. The van der Waals surface area contributed by atoms with E-state index < -0.39 is 0 Å². The van der Waals surface area contributed by atoms with Crippen molar-refractivity contribution in [3.05, 3.63) is 42.1 Å². The molecule has 0 radical (unpaired) electrons. The van der Waals surface area contributed by atoms with E-state index in [0.29, 0.717) is 35.8 Å². The van der Waals surface area contributed by atoms with Gasteiger partial charge in [-0.3, -0.25) is 5.10 Å². The summed E-state index contributed by atoms with van der Waals surface area (Å²) in [6, 6.07) is 8.74. The highest BCUT2D eigenvalue weighted by molar-refractivity contribution is 5.84. The molecule has 2 aromatic carbocycles. The molecule has 0 amide bonds. The van der Waals surface area contributed by atoms with Crippen molar-refractivity contribution in [2.24, 2.45) is 0 Å². The molecule has 0 saturated carbocycles. The molecular weight excluding hydrogens is 308 g/mol. The fourth-order valence-corrected chi connectivity index (χ4v) is 2.81. The van der Waals surface area contributed by atoms with Crippen LogP contribution in [0.2, 0.25) is 0 Å². The largest absolute Gasteiger partial charge is 0.508 e. The van der Waals surface area contributed by atoms with Crippen LogP contribution in [-0.2, 0) is 0 Å². The second-order valence-electron chi connectivity index (χ2n) is 5.67. The average molecular weight is 324 g/mol. The zero-order valence-electron chi connectivity index (χ0n) is 13.0. The normalized spacial score (nSPS) is 13.0. The molecule has 0 spiro atoms. The maximum Gasteiger partial charge on any atom is 0.161 e. The third-order valence-corrected chi connectivity index (χ3v) is 4.08. The van der Waals surface area contributed by atoms with Gasteiger partial charge in [0.05, 0.1) is 11.9 Å². The number of phenolic OH excluding ortho intramolecular Hbond substituents is 2. The van der Waals surface area contributed by atoms with Crippen molar-refractivity contribution in [3.63, 3.8) is 0 Å².